The Morgan fingerprint density at radius 1 is 0.656 bits per heavy atom. The molecule has 1 rings (SSSR count). The molecule has 0 aliphatic rings. The maximum atomic E-state index is 13.6. The minimum atomic E-state index is -8.41. The fourth-order valence-corrected chi connectivity index (χ4v) is 1.89. The zero-order valence-electron chi connectivity index (χ0n) is 14.5. The predicted molar refractivity (Wildman–Crippen MR) is 71.4 cm³/mol. The molecule has 0 aromatic heterocycles. The van der Waals surface area contributed by atoms with Crippen LogP contribution in [0.25, 0.3) is 0 Å². The molecule has 1 aromatic carbocycles. The number of hydrogen-bond acceptors (Lipinski definition) is 1. The first-order valence-electron chi connectivity index (χ1n) is 7.54. The van der Waals surface area contributed by atoms with Crippen molar-refractivity contribution < 1.29 is 75.0 Å². The molecular formula is C15H7F16O. The lowest BCUT2D eigenvalue weighted by molar-refractivity contribution is -0.447. The van der Waals surface area contributed by atoms with Gasteiger partial charge in [0.1, 0.15) is 5.75 Å². The van der Waals surface area contributed by atoms with Crippen LogP contribution in [-0.2, 0) is 0 Å². The van der Waals surface area contributed by atoms with Gasteiger partial charge in [0.05, 0.1) is 0 Å². The maximum Gasteiger partial charge on any atom is 0.385 e. The SMILES string of the molecule is FC(F)C(F)(F)C(F)(F)C(F)(F)C(F)(F)C(F)(F)C(F)(F)C(F)(F)COc1[c]cccc1. The lowest BCUT2D eigenvalue weighted by Crippen LogP contribution is -2.74. The van der Waals surface area contributed by atoms with Gasteiger partial charge in [-0.25, -0.2) is 8.78 Å². The molecule has 0 N–H and O–H groups in total. The standard InChI is InChI=1S/C15H7F16O/c16-8(17)10(20,21)12(24,25)14(28,29)15(30,31)13(26,27)11(22,23)9(18,19)6-32-7-4-2-1-3-5-7/h1-4,8H,6H2. The molecule has 0 heterocycles. The van der Waals surface area contributed by atoms with Crippen LogP contribution in [0.4, 0.5) is 70.2 Å². The third-order valence-corrected chi connectivity index (χ3v) is 3.82. The maximum absolute atomic E-state index is 13.6. The van der Waals surface area contributed by atoms with Crippen molar-refractivity contribution >= 4 is 0 Å². The quantitative estimate of drug-likeness (QED) is 0.326. The highest BCUT2D eigenvalue weighted by Crippen LogP contribution is 2.62. The zero-order valence-corrected chi connectivity index (χ0v) is 14.5. The Kier molecular flexibility index (Phi) is 7.02. The first kappa shape index (κ1) is 27.9. The number of alkyl halides is 16. The van der Waals surface area contributed by atoms with E-state index in [-0.39, 0.29) is 0 Å². The molecule has 1 nitrogen and oxygen atoms in total. The van der Waals surface area contributed by atoms with E-state index in [1.165, 1.54) is 0 Å². The van der Waals surface area contributed by atoms with Gasteiger partial charge in [-0.15, -0.1) is 0 Å². The Morgan fingerprint density at radius 3 is 1.50 bits per heavy atom. The fourth-order valence-electron chi connectivity index (χ4n) is 1.89. The van der Waals surface area contributed by atoms with E-state index in [4.69, 9.17) is 0 Å². The van der Waals surface area contributed by atoms with Crippen molar-refractivity contribution in [3.8, 4) is 5.75 Å². The van der Waals surface area contributed by atoms with Crippen LogP contribution in [0.1, 0.15) is 0 Å². The van der Waals surface area contributed by atoms with Crippen molar-refractivity contribution in [1.29, 1.82) is 0 Å². The number of ether oxygens (including phenoxy) is 1. The average Bonchev–Trinajstić information content (AvgIpc) is 2.66. The van der Waals surface area contributed by atoms with Gasteiger partial charge >= 0.3 is 47.9 Å². The van der Waals surface area contributed by atoms with Gasteiger partial charge in [-0.3, -0.25) is 0 Å². The summed E-state index contributed by atoms with van der Waals surface area (Å²) < 4.78 is 214. The smallest absolute Gasteiger partial charge is 0.385 e. The van der Waals surface area contributed by atoms with E-state index in [9.17, 15) is 70.2 Å². The molecule has 185 valence electrons. The molecule has 1 radical (unpaired) electrons. The Labute approximate surface area is 166 Å². The van der Waals surface area contributed by atoms with Crippen LogP contribution < -0.4 is 4.74 Å². The van der Waals surface area contributed by atoms with Crippen molar-refractivity contribution in [2.45, 2.75) is 47.9 Å². The van der Waals surface area contributed by atoms with E-state index in [1.807, 2.05) is 6.07 Å². The summed E-state index contributed by atoms with van der Waals surface area (Å²) in [6.07, 6.45) is -5.87. The molecule has 0 bridgehead atoms. The largest absolute Gasteiger partial charge is 0.486 e. The third-order valence-electron chi connectivity index (χ3n) is 3.82. The number of para-hydroxylation sites is 1. The number of benzene rings is 1. The van der Waals surface area contributed by atoms with Crippen LogP contribution in [0.2, 0.25) is 0 Å². The summed E-state index contributed by atoms with van der Waals surface area (Å²) in [5.41, 5.74) is 0. The molecular weight excluding hydrogens is 500 g/mol. The minimum absolute atomic E-state index is 0.710. The molecule has 0 aliphatic carbocycles. The van der Waals surface area contributed by atoms with Crippen LogP contribution in [-0.4, -0.2) is 54.5 Å². The second kappa shape index (κ2) is 8.04. The zero-order chi connectivity index (χ0) is 25.6. The molecule has 0 saturated carbocycles. The van der Waals surface area contributed by atoms with Crippen LogP contribution >= 0.6 is 0 Å². The molecule has 32 heavy (non-hydrogen) atoms. The first-order valence-corrected chi connectivity index (χ1v) is 7.54. The molecule has 1 aromatic rings. The lowest BCUT2D eigenvalue weighted by Gasteiger charge is -2.42. The molecule has 0 amide bonds. The Morgan fingerprint density at radius 2 is 1.09 bits per heavy atom. The first-order chi connectivity index (χ1) is 14.0. The van der Waals surface area contributed by atoms with E-state index in [0.717, 1.165) is 18.2 Å². The van der Waals surface area contributed by atoms with Crippen molar-refractivity contribution in [3.05, 3.63) is 30.3 Å². The van der Waals surface area contributed by atoms with Gasteiger partial charge in [-0.05, 0) is 6.07 Å². The molecule has 17 heteroatoms. The number of halogens is 16. The van der Waals surface area contributed by atoms with E-state index in [1.54, 1.807) is 0 Å². The molecule has 0 aliphatic heterocycles. The van der Waals surface area contributed by atoms with Gasteiger partial charge in [0.15, 0.2) is 6.61 Å². The van der Waals surface area contributed by atoms with Gasteiger partial charge in [0.2, 0.25) is 0 Å². The van der Waals surface area contributed by atoms with Crippen molar-refractivity contribution in [2.75, 3.05) is 6.61 Å². The summed E-state index contributed by atoms with van der Waals surface area (Å²) in [7, 11) is 0. The molecule has 0 atom stereocenters. The summed E-state index contributed by atoms with van der Waals surface area (Å²) in [6, 6.07) is 5.69. The van der Waals surface area contributed by atoms with Gasteiger partial charge < -0.3 is 4.74 Å². The van der Waals surface area contributed by atoms with Crippen LogP contribution in [0, 0.1) is 6.07 Å². The highest BCUT2D eigenvalue weighted by Gasteiger charge is 2.93. The highest BCUT2D eigenvalue weighted by molar-refractivity contribution is 5.20. The predicted octanol–water partition coefficient (Wildman–Crippen LogP) is 6.58. The average molecular weight is 507 g/mol. The van der Waals surface area contributed by atoms with Crippen molar-refractivity contribution in [2.24, 2.45) is 0 Å². The van der Waals surface area contributed by atoms with E-state index in [0.29, 0.717) is 6.07 Å². The van der Waals surface area contributed by atoms with Crippen LogP contribution in [0.5, 0.6) is 5.75 Å². The third kappa shape index (κ3) is 3.91. The summed E-state index contributed by atoms with van der Waals surface area (Å²) in [5.74, 6) is -55.6. The van der Waals surface area contributed by atoms with E-state index < -0.39 is 60.2 Å². The summed E-state index contributed by atoms with van der Waals surface area (Å²) >= 11 is 0. The second-order valence-corrected chi connectivity index (χ2v) is 6.02. The minimum Gasteiger partial charge on any atom is -0.486 e. The number of hydrogen-bond donors (Lipinski definition) is 0. The summed E-state index contributed by atoms with van der Waals surface area (Å²) in [6.45, 7) is -2.93. The molecule has 0 saturated heterocycles. The van der Waals surface area contributed by atoms with Gasteiger partial charge in [0.25, 0.3) is 0 Å². The Hall–Kier alpha value is -2.10. The number of rotatable bonds is 10. The monoisotopic (exact) mass is 507 g/mol. The van der Waals surface area contributed by atoms with Crippen molar-refractivity contribution in [3.63, 3.8) is 0 Å². The van der Waals surface area contributed by atoms with E-state index >= 15 is 0 Å². The summed E-state index contributed by atoms with van der Waals surface area (Å²) in [5, 5.41) is 0. The Balaban J connectivity index is 3.42. The summed E-state index contributed by atoms with van der Waals surface area (Å²) in [4.78, 5) is 0. The van der Waals surface area contributed by atoms with E-state index in [2.05, 4.69) is 4.74 Å². The van der Waals surface area contributed by atoms with Gasteiger partial charge in [-0.1, -0.05) is 18.2 Å². The van der Waals surface area contributed by atoms with Crippen molar-refractivity contribution in [1.82, 2.24) is 0 Å². The lowest BCUT2D eigenvalue weighted by atomic mass is 9.89. The van der Waals surface area contributed by atoms with Crippen LogP contribution in [0.3, 0.4) is 0 Å². The van der Waals surface area contributed by atoms with Gasteiger partial charge in [-0.2, -0.15) is 61.5 Å². The van der Waals surface area contributed by atoms with Crippen LogP contribution in [0.15, 0.2) is 24.3 Å². The molecule has 0 spiro atoms. The fraction of sp³-hybridized carbons (Fsp3) is 0.600. The molecule has 0 unspecified atom stereocenters. The normalized spacial score (nSPS) is 15.3. The second-order valence-electron chi connectivity index (χ2n) is 6.02. The Bertz CT molecular complexity index is 773. The topological polar surface area (TPSA) is 9.23 Å². The highest BCUT2D eigenvalue weighted by atomic mass is 19.4. The molecule has 0 fully saturated rings. The van der Waals surface area contributed by atoms with Gasteiger partial charge in [0, 0.05) is 6.07 Å².